The van der Waals surface area contributed by atoms with Crippen molar-refractivity contribution in [3.8, 4) is 0 Å². The van der Waals surface area contributed by atoms with Crippen LogP contribution in [0.1, 0.15) is 10.4 Å². The van der Waals surface area contributed by atoms with E-state index in [1.54, 1.807) is 0 Å². The van der Waals surface area contributed by atoms with Gasteiger partial charge in [-0.15, -0.1) is 0 Å². The third-order valence-corrected chi connectivity index (χ3v) is 2.49. The lowest BCUT2D eigenvalue weighted by atomic mass is 10.3. The van der Waals surface area contributed by atoms with Crippen molar-refractivity contribution in [2.75, 3.05) is 19.3 Å². The molecule has 6 nitrogen and oxygen atoms in total. The predicted molar refractivity (Wildman–Crippen MR) is 59.4 cm³/mol. The number of pyridine rings is 1. The molecule has 0 fully saturated rings. The van der Waals surface area contributed by atoms with E-state index < -0.39 is 21.9 Å². The molecule has 1 heterocycles. The summed E-state index contributed by atoms with van der Waals surface area (Å²) in [5, 5.41) is 2.46. The zero-order chi connectivity index (χ0) is 12.9. The average molecular weight is 261 g/mol. The van der Waals surface area contributed by atoms with Crippen molar-refractivity contribution in [1.82, 2.24) is 15.0 Å². The van der Waals surface area contributed by atoms with Crippen molar-refractivity contribution in [3.05, 3.63) is 29.8 Å². The minimum Gasteiger partial charge on any atom is -0.351 e. The van der Waals surface area contributed by atoms with Crippen molar-refractivity contribution >= 4 is 15.9 Å². The summed E-state index contributed by atoms with van der Waals surface area (Å²) >= 11 is 0. The highest BCUT2D eigenvalue weighted by Gasteiger charge is 2.06. The molecular weight excluding hydrogens is 249 g/mol. The summed E-state index contributed by atoms with van der Waals surface area (Å²) in [7, 11) is -3.26. The first-order valence-electron chi connectivity index (χ1n) is 4.73. The van der Waals surface area contributed by atoms with Crippen molar-refractivity contribution < 1.29 is 17.6 Å². The topological polar surface area (TPSA) is 88.2 Å². The summed E-state index contributed by atoms with van der Waals surface area (Å²) < 4.78 is 36.1. The summed E-state index contributed by atoms with van der Waals surface area (Å²) in [4.78, 5) is 14.8. The van der Waals surface area contributed by atoms with E-state index in [9.17, 15) is 17.6 Å². The molecule has 1 amide bonds. The molecule has 2 N–H and O–H groups in total. The van der Waals surface area contributed by atoms with Crippen LogP contribution >= 0.6 is 0 Å². The monoisotopic (exact) mass is 261 g/mol. The number of sulfonamides is 1. The molecule has 0 unspecified atom stereocenters. The fraction of sp³-hybridized carbons (Fsp3) is 0.333. The number of carbonyl (C=O) groups is 1. The lowest BCUT2D eigenvalue weighted by Crippen LogP contribution is -2.34. The Labute approximate surface area is 98.3 Å². The lowest BCUT2D eigenvalue weighted by molar-refractivity contribution is 0.0954. The molecule has 0 aliphatic carbocycles. The van der Waals surface area contributed by atoms with E-state index in [0.29, 0.717) is 0 Å². The first-order valence-corrected chi connectivity index (χ1v) is 6.62. The Balaban J connectivity index is 2.38. The second kappa shape index (κ2) is 5.69. The van der Waals surface area contributed by atoms with Gasteiger partial charge in [-0.2, -0.15) is 4.39 Å². The third kappa shape index (κ3) is 5.36. The van der Waals surface area contributed by atoms with Crippen molar-refractivity contribution in [2.45, 2.75) is 0 Å². The summed E-state index contributed by atoms with van der Waals surface area (Å²) in [6, 6.07) is 2.37. The Hall–Kier alpha value is -1.54. The lowest BCUT2D eigenvalue weighted by Gasteiger charge is -2.05. The largest absolute Gasteiger partial charge is 0.351 e. The minimum absolute atomic E-state index is 0.0964. The molecule has 0 radical (unpaired) electrons. The molecule has 0 aromatic carbocycles. The smallest absolute Gasteiger partial charge is 0.252 e. The van der Waals surface area contributed by atoms with Gasteiger partial charge in [0.15, 0.2) is 0 Å². The van der Waals surface area contributed by atoms with Crippen LogP contribution in [0.15, 0.2) is 18.3 Å². The van der Waals surface area contributed by atoms with E-state index in [1.165, 1.54) is 6.07 Å². The van der Waals surface area contributed by atoms with Gasteiger partial charge >= 0.3 is 0 Å². The number of nitrogens with zero attached hydrogens (tertiary/aromatic N) is 1. The van der Waals surface area contributed by atoms with Crippen LogP contribution < -0.4 is 10.0 Å². The number of amides is 1. The van der Waals surface area contributed by atoms with Gasteiger partial charge in [-0.05, 0) is 12.1 Å². The van der Waals surface area contributed by atoms with Crippen LogP contribution in [0.5, 0.6) is 0 Å². The molecule has 0 atom stereocenters. The molecular formula is C9H12FN3O3S. The standard InChI is InChI=1S/C9H12FN3O3S/c1-17(15,16)13-5-4-11-9(14)7-2-3-8(10)12-6-7/h2-3,6,13H,4-5H2,1H3,(H,11,14). The normalized spacial score (nSPS) is 11.2. The first kappa shape index (κ1) is 13.5. The maximum Gasteiger partial charge on any atom is 0.252 e. The molecule has 0 aliphatic heterocycles. The fourth-order valence-corrected chi connectivity index (χ4v) is 1.50. The summed E-state index contributed by atoms with van der Waals surface area (Å²) in [6.07, 6.45) is 2.13. The fourth-order valence-electron chi connectivity index (χ4n) is 1.02. The second-order valence-corrected chi connectivity index (χ2v) is 5.13. The van der Waals surface area contributed by atoms with E-state index in [2.05, 4.69) is 15.0 Å². The summed E-state index contributed by atoms with van der Waals surface area (Å²) in [5.74, 6) is -1.10. The summed E-state index contributed by atoms with van der Waals surface area (Å²) in [5.41, 5.74) is 0.214. The quantitative estimate of drug-likeness (QED) is 0.552. The van der Waals surface area contributed by atoms with Crippen LogP contribution in [0.4, 0.5) is 4.39 Å². The van der Waals surface area contributed by atoms with E-state index >= 15 is 0 Å². The van der Waals surface area contributed by atoms with Gasteiger partial charge in [0.1, 0.15) is 0 Å². The molecule has 0 saturated heterocycles. The highest BCUT2D eigenvalue weighted by Crippen LogP contribution is 1.98. The first-order chi connectivity index (χ1) is 7.88. The van der Waals surface area contributed by atoms with Crippen LogP contribution in [0.2, 0.25) is 0 Å². The van der Waals surface area contributed by atoms with Crippen LogP contribution in [0.25, 0.3) is 0 Å². The molecule has 94 valence electrons. The molecule has 0 saturated carbocycles. The van der Waals surface area contributed by atoms with Gasteiger partial charge in [0, 0.05) is 19.3 Å². The minimum atomic E-state index is -3.26. The number of carbonyl (C=O) groups excluding carboxylic acids is 1. The molecule has 1 aromatic rings. The number of hydrogen-bond acceptors (Lipinski definition) is 4. The van der Waals surface area contributed by atoms with E-state index in [1.807, 2.05) is 0 Å². The number of halogens is 1. The Morgan fingerprint density at radius 2 is 2.12 bits per heavy atom. The summed E-state index contributed by atoms with van der Waals surface area (Å²) in [6.45, 7) is 0.239. The number of rotatable bonds is 5. The van der Waals surface area contributed by atoms with Crippen molar-refractivity contribution in [2.24, 2.45) is 0 Å². The van der Waals surface area contributed by atoms with Gasteiger partial charge in [-0.1, -0.05) is 0 Å². The van der Waals surface area contributed by atoms with Gasteiger partial charge in [0.2, 0.25) is 16.0 Å². The van der Waals surface area contributed by atoms with Crippen LogP contribution in [-0.4, -0.2) is 38.7 Å². The van der Waals surface area contributed by atoms with Crippen molar-refractivity contribution in [1.29, 1.82) is 0 Å². The Morgan fingerprint density at radius 1 is 1.41 bits per heavy atom. The van der Waals surface area contributed by atoms with Gasteiger partial charge in [0.25, 0.3) is 5.91 Å². The number of nitrogens with one attached hydrogen (secondary N) is 2. The number of hydrogen-bond donors (Lipinski definition) is 2. The van der Waals surface area contributed by atoms with E-state index in [0.717, 1.165) is 18.5 Å². The SMILES string of the molecule is CS(=O)(=O)NCCNC(=O)c1ccc(F)nc1. The van der Waals surface area contributed by atoms with Gasteiger partial charge in [-0.25, -0.2) is 18.1 Å². The molecule has 8 heteroatoms. The average Bonchev–Trinajstić information content (AvgIpc) is 2.24. The van der Waals surface area contributed by atoms with Crippen LogP contribution in [0, 0.1) is 5.95 Å². The predicted octanol–water partition coefficient (Wildman–Crippen LogP) is -0.500. The highest BCUT2D eigenvalue weighted by atomic mass is 32.2. The molecule has 1 aromatic heterocycles. The second-order valence-electron chi connectivity index (χ2n) is 3.29. The maximum absolute atomic E-state index is 12.5. The maximum atomic E-state index is 12.5. The molecule has 17 heavy (non-hydrogen) atoms. The van der Waals surface area contributed by atoms with Gasteiger partial charge < -0.3 is 5.32 Å². The highest BCUT2D eigenvalue weighted by molar-refractivity contribution is 7.88. The number of aromatic nitrogens is 1. The molecule has 0 aliphatic rings. The Kier molecular flexibility index (Phi) is 4.53. The molecule has 0 bridgehead atoms. The Bertz CT molecular complexity index is 487. The molecule has 0 spiro atoms. The zero-order valence-electron chi connectivity index (χ0n) is 9.10. The third-order valence-electron chi connectivity index (χ3n) is 1.76. The Morgan fingerprint density at radius 3 is 2.65 bits per heavy atom. The van der Waals surface area contributed by atoms with Gasteiger partial charge in [0.05, 0.1) is 11.8 Å². The zero-order valence-corrected chi connectivity index (χ0v) is 9.92. The van der Waals surface area contributed by atoms with Gasteiger partial charge in [-0.3, -0.25) is 4.79 Å². The van der Waals surface area contributed by atoms with Crippen LogP contribution in [0.3, 0.4) is 0 Å². The van der Waals surface area contributed by atoms with E-state index in [-0.39, 0.29) is 18.7 Å². The van der Waals surface area contributed by atoms with Crippen LogP contribution in [-0.2, 0) is 10.0 Å². The van der Waals surface area contributed by atoms with Crippen molar-refractivity contribution in [3.63, 3.8) is 0 Å². The van der Waals surface area contributed by atoms with E-state index in [4.69, 9.17) is 0 Å². The molecule has 1 rings (SSSR count).